The molecule has 0 fully saturated rings. The number of rotatable bonds is 4. The van der Waals surface area contributed by atoms with Crippen LogP contribution in [0.1, 0.15) is 0 Å². The van der Waals surface area contributed by atoms with E-state index in [-0.39, 0.29) is 0 Å². The average molecular weight is 350 g/mol. The fraction of sp³-hybridized carbons (Fsp3) is 0.250. The minimum Gasteiger partial charge on any atom is -0.373 e. The minimum absolute atomic E-state index is 0.425. The molecule has 0 heterocycles. The molecule has 1 aromatic carbocycles. The van der Waals surface area contributed by atoms with E-state index in [0.29, 0.717) is 0 Å². The molecule has 1 atom stereocenters. The van der Waals surface area contributed by atoms with Crippen LogP contribution in [0.5, 0.6) is 0 Å². The van der Waals surface area contributed by atoms with E-state index in [2.05, 4.69) is 0 Å². The molecule has 0 amide bonds. The number of sulfonamides is 1. The van der Waals surface area contributed by atoms with Gasteiger partial charge in [0.15, 0.2) is 6.23 Å². The maximum absolute atomic E-state index is 11.8. The minimum atomic E-state index is -4.26. The number of halogens is 3. The largest absolute Gasteiger partial charge is 0.373 e. The van der Waals surface area contributed by atoms with E-state index >= 15 is 0 Å². The van der Waals surface area contributed by atoms with Gasteiger partial charge in [0, 0.05) is 12.1 Å². The second-order valence-electron chi connectivity index (χ2n) is 3.32. The lowest BCUT2D eigenvalue weighted by Gasteiger charge is -2.19. The summed E-state index contributed by atoms with van der Waals surface area (Å²) in [5.41, 5.74) is -0.425. The molecule has 0 aliphatic heterocycles. The van der Waals surface area contributed by atoms with Crippen LogP contribution in [0.25, 0.3) is 0 Å². The summed E-state index contributed by atoms with van der Waals surface area (Å²) in [6.45, 7) is 0. The van der Waals surface area contributed by atoms with Crippen molar-refractivity contribution in [2.45, 2.75) is 14.9 Å². The summed E-state index contributed by atoms with van der Waals surface area (Å²) >= 11 is 15.9. The van der Waals surface area contributed by atoms with Crippen molar-refractivity contribution in [2.24, 2.45) is 0 Å². The maximum atomic E-state index is 11.8. The molecule has 0 aliphatic rings. The molecule has 0 bridgehead atoms. The van der Waals surface area contributed by atoms with Crippen molar-refractivity contribution in [3.63, 3.8) is 0 Å². The summed E-state index contributed by atoms with van der Waals surface area (Å²) in [5, 5.41) is 19.9. The molecule has 1 unspecified atom stereocenters. The molecule has 19 heavy (non-hydrogen) atoms. The van der Waals surface area contributed by atoms with Crippen molar-refractivity contribution >= 4 is 50.5 Å². The summed E-state index contributed by atoms with van der Waals surface area (Å²) in [6.07, 6.45) is -2.00. The molecule has 0 radical (unpaired) electrons. The Bertz CT molecular complexity index is 586. The highest BCUT2D eigenvalue weighted by molar-refractivity contribution is 7.89. The second kappa shape index (κ2) is 5.78. The Morgan fingerprint density at radius 3 is 2.42 bits per heavy atom. The quantitative estimate of drug-likeness (QED) is 0.371. The van der Waals surface area contributed by atoms with E-state index in [4.69, 9.17) is 34.8 Å². The lowest BCUT2D eigenvalue weighted by Crippen LogP contribution is -2.43. The van der Waals surface area contributed by atoms with Gasteiger partial charge >= 0.3 is 0 Å². The monoisotopic (exact) mass is 348 g/mol. The van der Waals surface area contributed by atoms with Gasteiger partial charge in [-0.15, -0.1) is 0 Å². The van der Waals surface area contributed by atoms with Gasteiger partial charge in [-0.25, -0.2) is 8.42 Å². The van der Waals surface area contributed by atoms with Crippen LogP contribution in [0.3, 0.4) is 0 Å². The number of nitro benzene ring substituents is 1. The van der Waals surface area contributed by atoms with E-state index in [1.807, 2.05) is 0 Å². The topological polar surface area (TPSA) is 110 Å². The van der Waals surface area contributed by atoms with Crippen molar-refractivity contribution < 1.29 is 18.4 Å². The first-order valence-corrected chi connectivity index (χ1v) is 7.17. The first-order valence-electron chi connectivity index (χ1n) is 4.55. The fourth-order valence-electron chi connectivity index (χ4n) is 1.05. The van der Waals surface area contributed by atoms with Crippen LogP contribution in [0.2, 0.25) is 0 Å². The zero-order chi connectivity index (χ0) is 14.8. The molecule has 2 N–H and O–H groups in total. The number of non-ortho nitro benzene ring substituents is 1. The maximum Gasteiger partial charge on any atom is 0.270 e. The number of nitrogens with zero attached hydrogens (tertiary/aromatic N) is 1. The summed E-state index contributed by atoms with van der Waals surface area (Å²) in [5.74, 6) is 0. The van der Waals surface area contributed by atoms with Crippen LogP contribution in [-0.2, 0) is 10.0 Å². The second-order valence-corrected chi connectivity index (χ2v) is 7.40. The molecule has 0 aliphatic carbocycles. The van der Waals surface area contributed by atoms with Gasteiger partial charge in [-0.05, 0) is 6.07 Å². The third kappa shape index (κ3) is 4.44. The normalized spacial score (nSPS) is 14.1. The van der Waals surface area contributed by atoms with Crippen molar-refractivity contribution in [1.29, 1.82) is 0 Å². The number of alkyl halides is 3. The number of aliphatic hydroxyl groups excluding tert-OH is 1. The smallest absolute Gasteiger partial charge is 0.270 e. The van der Waals surface area contributed by atoms with Gasteiger partial charge in [0.05, 0.1) is 9.82 Å². The number of benzene rings is 1. The van der Waals surface area contributed by atoms with Gasteiger partial charge in [-0.3, -0.25) is 10.1 Å². The van der Waals surface area contributed by atoms with Crippen LogP contribution in [0.15, 0.2) is 29.2 Å². The molecule has 7 nitrogen and oxygen atoms in total. The molecule has 1 rings (SSSR count). The van der Waals surface area contributed by atoms with Crippen LogP contribution in [-0.4, -0.2) is 28.5 Å². The van der Waals surface area contributed by atoms with Crippen molar-refractivity contribution in [3.8, 4) is 0 Å². The number of hydrogen-bond donors (Lipinski definition) is 2. The standard InChI is InChI=1S/C8H7Cl3N2O5S/c9-8(10,11)7(14)12-19(17,18)6-3-1-2-5(4-6)13(15)16/h1-4,7,12,14H. The van der Waals surface area contributed by atoms with E-state index in [0.717, 1.165) is 18.2 Å². The average Bonchev–Trinajstić information content (AvgIpc) is 2.27. The highest BCUT2D eigenvalue weighted by Gasteiger charge is 2.34. The molecule has 1 aromatic rings. The van der Waals surface area contributed by atoms with Gasteiger partial charge in [0.2, 0.25) is 13.8 Å². The van der Waals surface area contributed by atoms with Crippen molar-refractivity contribution in [1.82, 2.24) is 4.72 Å². The summed E-state index contributed by atoms with van der Waals surface area (Å²) in [6, 6.07) is 4.20. The third-order valence-electron chi connectivity index (χ3n) is 1.92. The van der Waals surface area contributed by atoms with Gasteiger partial charge in [-0.1, -0.05) is 40.9 Å². The van der Waals surface area contributed by atoms with E-state index in [9.17, 15) is 23.6 Å². The Balaban J connectivity index is 3.08. The van der Waals surface area contributed by atoms with Gasteiger partial charge in [-0.2, -0.15) is 4.72 Å². The lowest BCUT2D eigenvalue weighted by molar-refractivity contribution is -0.385. The zero-order valence-electron chi connectivity index (χ0n) is 8.96. The number of nitro groups is 1. The Morgan fingerprint density at radius 2 is 1.95 bits per heavy atom. The Hall–Kier alpha value is -0.640. The first kappa shape index (κ1) is 16.4. The summed E-state index contributed by atoms with van der Waals surface area (Å²) in [4.78, 5) is 9.34. The lowest BCUT2D eigenvalue weighted by atomic mass is 10.3. The van der Waals surface area contributed by atoms with Gasteiger partial charge < -0.3 is 5.11 Å². The molecule has 11 heteroatoms. The molecular formula is C8H7Cl3N2O5S. The highest BCUT2D eigenvalue weighted by Crippen LogP contribution is 2.30. The molecule has 106 valence electrons. The fourth-order valence-corrected chi connectivity index (χ4v) is 2.54. The third-order valence-corrected chi connectivity index (χ3v) is 3.94. The molecule has 0 aromatic heterocycles. The number of hydrogen-bond acceptors (Lipinski definition) is 5. The summed E-state index contributed by atoms with van der Waals surface area (Å²) < 4.78 is 23.0. The zero-order valence-corrected chi connectivity index (χ0v) is 12.0. The molecule has 0 spiro atoms. The van der Waals surface area contributed by atoms with Crippen LogP contribution in [0.4, 0.5) is 5.69 Å². The predicted octanol–water partition coefficient (Wildman–Crippen LogP) is 1.56. The number of nitrogens with one attached hydrogen (secondary N) is 1. The Kier molecular flexibility index (Phi) is 4.99. The van der Waals surface area contributed by atoms with E-state index in [1.165, 1.54) is 6.07 Å². The highest BCUT2D eigenvalue weighted by atomic mass is 35.6. The first-order chi connectivity index (χ1) is 8.54. The van der Waals surface area contributed by atoms with Gasteiger partial charge in [0.25, 0.3) is 5.69 Å². The molecule has 0 saturated heterocycles. The van der Waals surface area contributed by atoms with Gasteiger partial charge in [0.1, 0.15) is 0 Å². The van der Waals surface area contributed by atoms with Crippen LogP contribution in [0, 0.1) is 10.1 Å². The molecular weight excluding hydrogens is 343 g/mol. The van der Waals surface area contributed by atoms with Crippen molar-refractivity contribution in [2.75, 3.05) is 0 Å². The number of aliphatic hydroxyl groups is 1. The van der Waals surface area contributed by atoms with Crippen LogP contribution >= 0.6 is 34.8 Å². The summed E-state index contributed by atoms with van der Waals surface area (Å²) in [7, 11) is -4.26. The predicted molar refractivity (Wildman–Crippen MR) is 69.7 cm³/mol. The Morgan fingerprint density at radius 1 is 1.37 bits per heavy atom. The van der Waals surface area contributed by atoms with E-state index in [1.54, 1.807) is 4.72 Å². The SMILES string of the molecule is O=[N+]([O-])c1cccc(S(=O)(=O)NC(O)C(Cl)(Cl)Cl)c1. The van der Waals surface area contributed by atoms with E-state index < -0.39 is 35.5 Å². The Labute approximate surface area is 123 Å². The molecule has 0 saturated carbocycles. The van der Waals surface area contributed by atoms with Crippen LogP contribution < -0.4 is 4.72 Å². The van der Waals surface area contributed by atoms with Crippen molar-refractivity contribution in [3.05, 3.63) is 34.4 Å².